The largest absolute Gasteiger partial charge is 0.511 e. The summed E-state index contributed by atoms with van der Waals surface area (Å²) in [6.07, 6.45) is 1.70. The van der Waals surface area contributed by atoms with Gasteiger partial charge in [0.25, 0.3) is 17.0 Å². The monoisotopic (exact) mass is 461 g/mol. The number of carbonyl (C=O) groups is 2. The Hall–Kier alpha value is -5.06. The average molecular weight is 461 g/mol. The van der Waals surface area contributed by atoms with E-state index >= 15 is 0 Å². The third kappa shape index (κ3) is 6.01. The summed E-state index contributed by atoms with van der Waals surface area (Å²) in [5.41, 5.74) is 1.38. The molecule has 0 saturated heterocycles. The maximum Gasteiger partial charge on any atom is 0.511 e. The van der Waals surface area contributed by atoms with E-state index in [9.17, 15) is 19.2 Å². The highest BCUT2D eigenvalue weighted by Gasteiger charge is 2.10. The van der Waals surface area contributed by atoms with Crippen LogP contribution in [0.1, 0.15) is 10.4 Å². The van der Waals surface area contributed by atoms with Crippen molar-refractivity contribution in [3.63, 3.8) is 0 Å². The molecule has 0 aromatic carbocycles. The van der Waals surface area contributed by atoms with Gasteiger partial charge in [0, 0.05) is 19.4 Å². The highest BCUT2D eigenvalue weighted by molar-refractivity contribution is 5.93. The average Bonchev–Trinajstić information content (AvgIpc) is 2.86. The second kappa shape index (κ2) is 11.0. The van der Waals surface area contributed by atoms with E-state index in [-0.39, 0.29) is 11.3 Å². The van der Waals surface area contributed by atoms with Gasteiger partial charge in [0.1, 0.15) is 5.56 Å². The van der Waals surface area contributed by atoms with Gasteiger partial charge in [0.05, 0.1) is 22.8 Å². The zero-order chi connectivity index (χ0) is 24.5. The first kappa shape index (κ1) is 23.6. The predicted octanol–water partition coefficient (Wildman–Crippen LogP) is 2.29. The molecule has 0 saturated carbocycles. The lowest BCUT2D eigenvalue weighted by molar-refractivity contribution is 0.0961. The second-order valence-electron chi connectivity index (χ2n) is 6.56. The van der Waals surface area contributed by atoms with E-state index in [0.717, 1.165) is 0 Å². The molecular weight excluding hydrogens is 442 g/mol. The molecule has 34 heavy (non-hydrogen) atoms. The minimum Gasteiger partial charge on any atom is -0.449 e. The molecule has 4 N–H and O–H groups in total. The number of hydrogen-bond acceptors (Lipinski definition) is 7. The minimum atomic E-state index is -1.53. The molecule has 11 nitrogen and oxygen atoms in total. The maximum absolute atomic E-state index is 11.7. The Morgan fingerprint density at radius 1 is 0.824 bits per heavy atom. The number of pyridine rings is 4. The summed E-state index contributed by atoms with van der Waals surface area (Å²) in [5, 5.41) is 10.8. The van der Waals surface area contributed by atoms with Crippen LogP contribution in [-0.4, -0.2) is 44.2 Å². The van der Waals surface area contributed by atoms with Crippen LogP contribution in [0.4, 0.5) is 4.79 Å². The van der Waals surface area contributed by atoms with Crippen molar-refractivity contribution in [2.75, 3.05) is 7.05 Å². The molecule has 0 fully saturated rings. The van der Waals surface area contributed by atoms with Crippen molar-refractivity contribution in [2.45, 2.75) is 0 Å². The predicted molar refractivity (Wildman–Crippen MR) is 123 cm³/mol. The number of hydrogen-bond donors (Lipinski definition) is 4. The smallest absolute Gasteiger partial charge is 0.449 e. The Bertz CT molecular complexity index is 1400. The number of nitrogens with zero attached hydrogens (tertiary/aromatic N) is 2. The van der Waals surface area contributed by atoms with Gasteiger partial charge < -0.3 is 25.1 Å². The zero-order valence-corrected chi connectivity index (χ0v) is 17.8. The quantitative estimate of drug-likeness (QED) is 0.336. The third-order valence-corrected chi connectivity index (χ3v) is 4.33. The van der Waals surface area contributed by atoms with E-state index in [4.69, 9.17) is 5.11 Å². The number of aromatic amines is 2. The van der Waals surface area contributed by atoms with E-state index in [2.05, 4.69) is 30.0 Å². The summed E-state index contributed by atoms with van der Waals surface area (Å²) in [5.74, 6) is -0.670. The molecule has 0 spiro atoms. The number of nitrogens with one attached hydrogen (secondary N) is 3. The Morgan fingerprint density at radius 3 is 1.82 bits per heavy atom. The van der Waals surface area contributed by atoms with Crippen molar-refractivity contribution < 1.29 is 19.4 Å². The van der Waals surface area contributed by atoms with Crippen molar-refractivity contribution >= 4 is 12.1 Å². The van der Waals surface area contributed by atoms with Crippen molar-refractivity contribution in [1.82, 2.24) is 25.3 Å². The second-order valence-corrected chi connectivity index (χ2v) is 6.56. The molecule has 4 aromatic heterocycles. The van der Waals surface area contributed by atoms with Crippen LogP contribution in [0.15, 0.2) is 82.6 Å². The number of carboxylic acid groups (broad SMARTS) is 1. The van der Waals surface area contributed by atoms with E-state index in [0.29, 0.717) is 22.8 Å². The molecule has 4 rings (SSSR count). The lowest BCUT2D eigenvalue weighted by Crippen LogP contribution is -2.26. The van der Waals surface area contributed by atoms with Crippen molar-refractivity contribution in [2.24, 2.45) is 0 Å². The van der Waals surface area contributed by atoms with Crippen LogP contribution in [-0.2, 0) is 0 Å². The number of ether oxygens (including phenoxy) is 1. The van der Waals surface area contributed by atoms with Crippen LogP contribution in [0, 0.1) is 0 Å². The molecule has 172 valence electrons. The molecule has 0 aliphatic rings. The Labute approximate surface area is 192 Å². The number of amides is 1. The molecule has 0 atom stereocenters. The SMILES string of the molecule is CNC(=O)c1ccc(-c2ccccn2)[nH]c1=O.O=C(O)Oc1ccc(-c2ccccn2)[nH]c1=O. The van der Waals surface area contributed by atoms with Gasteiger partial charge in [0.2, 0.25) is 0 Å². The molecule has 0 aliphatic heterocycles. The van der Waals surface area contributed by atoms with E-state index in [1.54, 1.807) is 48.8 Å². The van der Waals surface area contributed by atoms with Gasteiger partial charge in [-0.2, -0.15) is 0 Å². The molecule has 0 aliphatic carbocycles. The summed E-state index contributed by atoms with van der Waals surface area (Å²) in [6, 6.07) is 16.6. The summed E-state index contributed by atoms with van der Waals surface area (Å²) in [6.45, 7) is 0. The molecule has 11 heteroatoms. The van der Waals surface area contributed by atoms with Gasteiger partial charge in [-0.25, -0.2) is 4.79 Å². The summed E-state index contributed by atoms with van der Waals surface area (Å²) >= 11 is 0. The Kier molecular flexibility index (Phi) is 7.63. The fraction of sp³-hybridized carbons (Fsp3) is 0.0435. The van der Waals surface area contributed by atoms with Gasteiger partial charge >= 0.3 is 6.16 Å². The first-order valence-corrected chi connectivity index (χ1v) is 9.81. The summed E-state index contributed by atoms with van der Waals surface area (Å²) in [7, 11) is 1.48. The standard InChI is InChI=1S/C12H11N3O2.C11H8N2O4/c1-13-11(16)8-5-6-10(15-12(8)17)9-4-2-3-7-14-9;14-10-9(17-11(15)16)5-4-8(13-10)7-3-1-2-6-12-7/h2-7H,1H3,(H,13,16)(H,15,17);1-6H,(H,13,14)(H,15,16). The van der Waals surface area contributed by atoms with Crippen LogP contribution in [0.5, 0.6) is 5.75 Å². The van der Waals surface area contributed by atoms with Crippen molar-refractivity contribution in [3.8, 4) is 28.5 Å². The van der Waals surface area contributed by atoms with Crippen LogP contribution in [0.3, 0.4) is 0 Å². The van der Waals surface area contributed by atoms with E-state index < -0.39 is 23.2 Å². The Morgan fingerprint density at radius 2 is 1.38 bits per heavy atom. The minimum absolute atomic E-state index is 0.0900. The van der Waals surface area contributed by atoms with Crippen LogP contribution >= 0.6 is 0 Å². The number of H-pyrrole nitrogens is 2. The van der Waals surface area contributed by atoms with Crippen molar-refractivity contribution in [3.05, 3.63) is 99.3 Å². The lowest BCUT2D eigenvalue weighted by Gasteiger charge is -2.02. The van der Waals surface area contributed by atoms with Gasteiger partial charge in [0.15, 0.2) is 5.75 Å². The fourth-order valence-corrected chi connectivity index (χ4v) is 2.76. The van der Waals surface area contributed by atoms with E-state index in [1.165, 1.54) is 25.2 Å². The van der Waals surface area contributed by atoms with Crippen LogP contribution in [0.2, 0.25) is 0 Å². The topological polar surface area (TPSA) is 167 Å². The molecule has 0 bridgehead atoms. The van der Waals surface area contributed by atoms with Crippen molar-refractivity contribution in [1.29, 1.82) is 0 Å². The first-order chi connectivity index (χ1) is 16.4. The van der Waals surface area contributed by atoms with Gasteiger partial charge in [-0.3, -0.25) is 24.4 Å². The lowest BCUT2D eigenvalue weighted by atomic mass is 10.2. The van der Waals surface area contributed by atoms with E-state index in [1.807, 2.05) is 6.07 Å². The normalized spacial score (nSPS) is 9.91. The summed E-state index contributed by atoms with van der Waals surface area (Å²) in [4.78, 5) is 58.1. The molecule has 0 unspecified atom stereocenters. The first-order valence-electron chi connectivity index (χ1n) is 9.81. The van der Waals surface area contributed by atoms with Gasteiger partial charge in [-0.05, 0) is 48.5 Å². The molecular formula is C23H19N5O6. The molecule has 1 amide bonds. The number of carbonyl (C=O) groups excluding carboxylic acids is 1. The molecule has 0 radical (unpaired) electrons. The maximum atomic E-state index is 11.7. The highest BCUT2D eigenvalue weighted by Crippen LogP contribution is 2.14. The van der Waals surface area contributed by atoms with Gasteiger partial charge in [-0.15, -0.1) is 0 Å². The fourth-order valence-electron chi connectivity index (χ4n) is 2.76. The summed E-state index contributed by atoms with van der Waals surface area (Å²) < 4.78 is 4.29. The van der Waals surface area contributed by atoms with Crippen LogP contribution < -0.4 is 21.2 Å². The molecule has 4 heterocycles. The third-order valence-electron chi connectivity index (χ3n) is 4.33. The molecule has 4 aromatic rings. The zero-order valence-electron chi connectivity index (χ0n) is 17.8. The van der Waals surface area contributed by atoms with Crippen LogP contribution in [0.25, 0.3) is 22.8 Å². The Balaban J connectivity index is 0.000000191. The number of aromatic nitrogens is 4. The highest BCUT2D eigenvalue weighted by atomic mass is 16.7. The van der Waals surface area contributed by atoms with Gasteiger partial charge in [-0.1, -0.05) is 12.1 Å². The number of rotatable bonds is 4.